The summed E-state index contributed by atoms with van der Waals surface area (Å²) in [5.41, 5.74) is -1.38. The van der Waals surface area contributed by atoms with Gasteiger partial charge >= 0.3 is 12.1 Å². The Bertz CT molecular complexity index is 632. The van der Waals surface area contributed by atoms with Crippen molar-refractivity contribution >= 4 is 5.97 Å². The number of rotatable bonds is 2. The predicted octanol–water partition coefficient (Wildman–Crippen LogP) is 2.80. The van der Waals surface area contributed by atoms with Gasteiger partial charge in [-0.3, -0.25) is 0 Å². The standard InChI is InChI=1S/C12H9F3N2O2/c1-17-5-10(16-6-17)7-2-3-8(11(18)19)9(4-7)12(13,14)15/h2-6H,1H3,(H,18,19). The van der Waals surface area contributed by atoms with Crippen LogP contribution in [0.3, 0.4) is 0 Å². The topological polar surface area (TPSA) is 55.1 Å². The SMILES string of the molecule is Cn1cnc(-c2ccc(C(=O)O)c(C(F)(F)F)c2)c1. The zero-order valence-corrected chi connectivity index (χ0v) is 9.77. The van der Waals surface area contributed by atoms with Gasteiger partial charge in [0.05, 0.1) is 23.1 Å². The van der Waals surface area contributed by atoms with E-state index in [2.05, 4.69) is 4.98 Å². The van der Waals surface area contributed by atoms with Crippen LogP contribution in [0.4, 0.5) is 13.2 Å². The minimum atomic E-state index is -4.72. The van der Waals surface area contributed by atoms with Gasteiger partial charge in [-0.1, -0.05) is 6.07 Å². The van der Waals surface area contributed by atoms with Crippen molar-refractivity contribution in [2.24, 2.45) is 7.05 Å². The fraction of sp³-hybridized carbons (Fsp3) is 0.167. The highest BCUT2D eigenvalue weighted by molar-refractivity contribution is 5.90. The van der Waals surface area contributed by atoms with E-state index in [1.807, 2.05) is 0 Å². The monoisotopic (exact) mass is 270 g/mol. The van der Waals surface area contributed by atoms with Crippen LogP contribution in [0, 0.1) is 0 Å². The molecular weight excluding hydrogens is 261 g/mol. The number of aromatic carboxylic acids is 1. The lowest BCUT2D eigenvalue weighted by Gasteiger charge is -2.11. The van der Waals surface area contributed by atoms with Crippen LogP contribution in [-0.4, -0.2) is 20.6 Å². The first-order valence-corrected chi connectivity index (χ1v) is 5.22. The van der Waals surface area contributed by atoms with Gasteiger partial charge < -0.3 is 9.67 Å². The third-order valence-electron chi connectivity index (χ3n) is 2.56. The first kappa shape index (κ1) is 13.1. The Hall–Kier alpha value is -2.31. The molecule has 0 radical (unpaired) electrons. The highest BCUT2D eigenvalue weighted by Crippen LogP contribution is 2.34. The van der Waals surface area contributed by atoms with Gasteiger partial charge in [-0.15, -0.1) is 0 Å². The number of alkyl halides is 3. The molecule has 0 amide bonds. The average Bonchev–Trinajstić information content (AvgIpc) is 2.74. The first-order chi connectivity index (χ1) is 8.79. The number of aromatic nitrogens is 2. The third-order valence-corrected chi connectivity index (χ3v) is 2.56. The van der Waals surface area contributed by atoms with Crippen LogP contribution in [0.2, 0.25) is 0 Å². The minimum Gasteiger partial charge on any atom is -0.478 e. The average molecular weight is 270 g/mol. The molecule has 1 heterocycles. The largest absolute Gasteiger partial charge is 0.478 e. The molecule has 100 valence electrons. The molecule has 0 unspecified atom stereocenters. The van der Waals surface area contributed by atoms with E-state index >= 15 is 0 Å². The second kappa shape index (κ2) is 4.42. The Labute approximate surface area is 106 Å². The fourth-order valence-electron chi connectivity index (χ4n) is 1.69. The number of benzene rings is 1. The maximum atomic E-state index is 12.8. The predicted molar refractivity (Wildman–Crippen MR) is 60.6 cm³/mol. The van der Waals surface area contributed by atoms with Crippen LogP contribution >= 0.6 is 0 Å². The van der Waals surface area contributed by atoms with E-state index in [1.165, 1.54) is 12.4 Å². The van der Waals surface area contributed by atoms with Crippen LogP contribution in [-0.2, 0) is 13.2 Å². The van der Waals surface area contributed by atoms with Gasteiger partial charge in [-0.05, 0) is 12.1 Å². The molecule has 19 heavy (non-hydrogen) atoms. The summed E-state index contributed by atoms with van der Waals surface area (Å²) in [5, 5.41) is 8.77. The van der Waals surface area contributed by atoms with Crippen LogP contribution in [0.15, 0.2) is 30.7 Å². The Morgan fingerprint density at radius 3 is 2.53 bits per heavy atom. The molecule has 0 spiro atoms. The van der Waals surface area contributed by atoms with Crippen molar-refractivity contribution in [3.8, 4) is 11.3 Å². The van der Waals surface area contributed by atoms with E-state index in [0.29, 0.717) is 5.69 Å². The second-order valence-corrected chi connectivity index (χ2v) is 3.99. The summed E-state index contributed by atoms with van der Waals surface area (Å²) in [5.74, 6) is -1.61. The van der Waals surface area contributed by atoms with E-state index < -0.39 is 23.3 Å². The normalized spacial score (nSPS) is 11.6. The molecule has 0 bridgehead atoms. The van der Waals surface area contributed by atoms with Crippen molar-refractivity contribution in [3.63, 3.8) is 0 Å². The second-order valence-electron chi connectivity index (χ2n) is 3.99. The summed E-state index contributed by atoms with van der Waals surface area (Å²) in [4.78, 5) is 14.7. The quantitative estimate of drug-likeness (QED) is 0.912. The fourth-order valence-corrected chi connectivity index (χ4v) is 1.69. The molecule has 7 heteroatoms. The molecule has 4 nitrogen and oxygen atoms in total. The van der Waals surface area contributed by atoms with Gasteiger partial charge in [0, 0.05) is 18.8 Å². The van der Waals surface area contributed by atoms with Gasteiger partial charge in [0.2, 0.25) is 0 Å². The van der Waals surface area contributed by atoms with Crippen LogP contribution in [0.5, 0.6) is 0 Å². The number of carbonyl (C=O) groups is 1. The first-order valence-electron chi connectivity index (χ1n) is 5.22. The number of nitrogens with zero attached hydrogens (tertiary/aromatic N) is 2. The summed E-state index contributed by atoms with van der Waals surface area (Å²) in [6.45, 7) is 0. The lowest BCUT2D eigenvalue weighted by atomic mass is 10.0. The molecule has 1 aromatic carbocycles. The van der Waals surface area contributed by atoms with E-state index in [9.17, 15) is 18.0 Å². The van der Waals surface area contributed by atoms with Crippen molar-refractivity contribution in [1.29, 1.82) is 0 Å². The molecule has 0 saturated carbocycles. The van der Waals surface area contributed by atoms with Crippen molar-refractivity contribution in [2.45, 2.75) is 6.18 Å². The van der Waals surface area contributed by atoms with Crippen LogP contribution in [0.1, 0.15) is 15.9 Å². The number of halogens is 3. The molecule has 0 saturated heterocycles. The summed E-state index contributed by atoms with van der Waals surface area (Å²) in [6, 6.07) is 3.04. The van der Waals surface area contributed by atoms with E-state index in [-0.39, 0.29) is 5.56 Å². The van der Waals surface area contributed by atoms with Crippen molar-refractivity contribution in [2.75, 3.05) is 0 Å². The summed E-state index contributed by atoms with van der Waals surface area (Å²) >= 11 is 0. The number of hydrogen-bond donors (Lipinski definition) is 1. The molecule has 0 fully saturated rings. The molecule has 2 rings (SSSR count). The number of hydrogen-bond acceptors (Lipinski definition) is 2. The summed E-state index contributed by atoms with van der Waals surface area (Å²) < 4.78 is 40.1. The smallest absolute Gasteiger partial charge is 0.417 e. The molecule has 0 aliphatic rings. The molecular formula is C12H9F3N2O2. The van der Waals surface area contributed by atoms with Gasteiger partial charge in [0.25, 0.3) is 0 Å². The molecule has 0 aliphatic heterocycles. The van der Waals surface area contributed by atoms with Crippen LogP contribution in [0.25, 0.3) is 11.3 Å². The number of carboxylic acid groups (broad SMARTS) is 1. The number of aryl methyl sites for hydroxylation is 1. The zero-order chi connectivity index (χ0) is 14.2. The Morgan fingerprint density at radius 1 is 1.37 bits per heavy atom. The number of imidazole rings is 1. The van der Waals surface area contributed by atoms with Crippen molar-refractivity contribution < 1.29 is 23.1 Å². The van der Waals surface area contributed by atoms with Gasteiger partial charge in [-0.25, -0.2) is 9.78 Å². The summed E-state index contributed by atoms with van der Waals surface area (Å²) in [7, 11) is 1.69. The highest BCUT2D eigenvalue weighted by atomic mass is 19.4. The molecule has 0 aliphatic carbocycles. The van der Waals surface area contributed by atoms with Crippen LogP contribution < -0.4 is 0 Å². The zero-order valence-electron chi connectivity index (χ0n) is 9.77. The Balaban J connectivity index is 2.59. The van der Waals surface area contributed by atoms with Crippen molar-refractivity contribution in [3.05, 3.63) is 41.9 Å². The lowest BCUT2D eigenvalue weighted by Crippen LogP contribution is -2.13. The van der Waals surface area contributed by atoms with E-state index in [0.717, 1.165) is 12.1 Å². The maximum Gasteiger partial charge on any atom is 0.417 e. The molecule has 2 aromatic rings. The molecule has 1 aromatic heterocycles. The van der Waals surface area contributed by atoms with Crippen molar-refractivity contribution in [1.82, 2.24) is 9.55 Å². The Kier molecular flexibility index (Phi) is 3.05. The van der Waals surface area contributed by atoms with Gasteiger partial charge in [0.1, 0.15) is 0 Å². The van der Waals surface area contributed by atoms with E-state index in [1.54, 1.807) is 17.8 Å². The minimum absolute atomic E-state index is 0.220. The van der Waals surface area contributed by atoms with E-state index in [4.69, 9.17) is 5.11 Å². The molecule has 1 N–H and O–H groups in total. The summed E-state index contributed by atoms with van der Waals surface area (Å²) in [6.07, 6.45) is -1.72. The van der Waals surface area contributed by atoms with Gasteiger partial charge in [-0.2, -0.15) is 13.2 Å². The lowest BCUT2D eigenvalue weighted by molar-refractivity contribution is -0.138. The van der Waals surface area contributed by atoms with Gasteiger partial charge in [0.15, 0.2) is 0 Å². The third kappa shape index (κ3) is 2.59. The Morgan fingerprint density at radius 2 is 2.05 bits per heavy atom. The molecule has 0 atom stereocenters. The number of carboxylic acids is 1. The maximum absolute atomic E-state index is 12.8. The highest BCUT2D eigenvalue weighted by Gasteiger charge is 2.35.